The first kappa shape index (κ1) is 16.5. The van der Waals surface area contributed by atoms with E-state index in [2.05, 4.69) is 15.5 Å². The van der Waals surface area contributed by atoms with Gasteiger partial charge in [-0.3, -0.25) is 9.36 Å². The van der Waals surface area contributed by atoms with Gasteiger partial charge in [0.05, 0.1) is 5.69 Å². The molecular weight excluding hydrogens is 344 g/mol. The van der Waals surface area contributed by atoms with Crippen molar-refractivity contribution in [2.24, 2.45) is 0 Å². The SMILES string of the molecule is CC(=O)Nc1cccc(-n2cnnc2SCc2ccccc2Cl)c1. The summed E-state index contributed by atoms with van der Waals surface area (Å²) in [5.41, 5.74) is 2.66. The predicted octanol–water partition coefficient (Wildman–Crippen LogP) is 4.17. The molecule has 0 aliphatic rings. The molecule has 3 aromatic rings. The fourth-order valence-corrected chi connectivity index (χ4v) is 3.41. The summed E-state index contributed by atoms with van der Waals surface area (Å²) in [7, 11) is 0. The van der Waals surface area contributed by atoms with Gasteiger partial charge in [-0.1, -0.05) is 47.6 Å². The minimum Gasteiger partial charge on any atom is -0.326 e. The normalized spacial score (nSPS) is 10.6. The molecule has 0 spiro atoms. The van der Waals surface area contributed by atoms with Crippen LogP contribution in [0.2, 0.25) is 5.02 Å². The van der Waals surface area contributed by atoms with Crippen LogP contribution >= 0.6 is 23.4 Å². The maximum atomic E-state index is 11.2. The average Bonchev–Trinajstić information content (AvgIpc) is 3.02. The van der Waals surface area contributed by atoms with Crippen LogP contribution in [0.5, 0.6) is 0 Å². The molecule has 0 saturated carbocycles. The fourth-order valence-electron chi connectivity index (χ4n) is 2.19. The summed E-state index contributed by atoms with van der Waals surface area (Å²) < 4.78 is 1.88. The molecule has 1 aromatic heterocycles. The summed E-state index contributed by atoms with van der Waals surface area (Å²) in [4.78, 5) is 11.2. The topological polar surface area (TPSA) is 59.8 Å². The second-order valence-corrected chi connectivity index (χ2v) is 6.44. The lowest BCUT2D eigenvalue weighted by Crippen LogP contribution is -2.06. The Bertz CT molecular complexity index is 865. The molecule has 7 heteroatoms. The monoisotopic (exact) mass is 358 g/mol. The molecule has 0 radical (unpaired) electrons. The molecule has 0 aliphatic carbocycles. The van der Waals surface area contributed by atoms with E-state index in [1.807, 2.05) is 53.1 Å². The largest absolute Gasteiger partial charge is 0.326 e. The van der Waals surface area contributed by atoms with Crippen LogP contribution in [0.1, 0.15) is 12.5 Å². The number of amides is 1. The number of rotatable bonds is 5. The van der Waals surface area contributed by atoms with Crippen molar-refractivity contribution in [1.29, 1.82) is 0 Å². The van der Waals surface area contributed by atoms with E-state index in [9.17, 15) is 4.79 Å². The Balaban J connectivity index is 1.80. The molecule has 24 heavy (non-hydrogen) atoms. The summed E-state index contributed by atoms with van der Waals surface area (Å²) >= 11 is 7.75. The zero-order valence-electron chi connectivity index (χ0n) is 12.9. The van der Waals surface area contributed by atoms with E-state index >= 15 is 0 Å². The van der Waals surface area contributed by atoms with E-state index in [1.165, 1.54) is 6.92 Å². The van der Waals surface area contributed by atoms with Crippen LogP contribution < -0.4 is 5.32 Å². The Morgan fingerprint density at radius 3 is 2.88 bits per heavy atom. The van der Waals surface area contributed by atoms with Gasteiger partial charge in [0.1, 0.15) is 6.33 Å². The highest BCUT2D eigenvalue weighted by Gasteiger charge is 2.09. The highest BCUT2D eigenvalue weighted by molar-refractivity contribution is 7.98. The number of carbonyl (C=O) groups excluding carboxylic acids is 1. The third-order valence-corrected chi connectivity index (χ3v) is 4.64. The Labute approximate surface area is 149 Å². The van der Waals surface area contributed by atoms with Crippen molar-refractivity contribution < 1.29 is 4.79 Å². The number of nitrogens with one attached hydrogen (secondary N) is 1. The Morgan fingerprint density at radius 2 is 2.08 bits per heavy atom. The van der Waals surface area contributed by atoms with E-state index in [1.54, 1.807) is 18.1 Å². The van der Waals surface area contributed by atoms with E-state index in [0.717, 1.165) is 27.1 Å². The van der Waals surface area contributed by atoms with Gasteiger partial charge < -0.3 is 5.32 Å². The van der Waals surface area contributed by atoms with Crippen molar-refractivity contribution in [2.75, 3.05) is 5.32 Å². The molecule has 122 valence electrons. The first-order valence-corrected chi connectivity index (χ1v) is 8.64. The highest BCUT2D eigenvalue weighted by atomic mass is 35.5. The third kappa shape index (κ3) is 3.96. The molecule has 0 saturated heterocycles. The number of benzene rings is 2. The smallest absolute Gasteiger partial charge is 0.221 e. The average molecular weight is 359 g/mol. The van der Waals surface area contributed by atoms with Crippen LogP contribution in [0.15, 0.2) is 60.0 Å². The Kier molecular flexibility index (Phi) is 5.17. The summed E-state index contributed by atoms with van der Waals surface area (Å²) in [6, 6.07) is 15.3. The Morgan fingerprint density at radius 1 is 1.25 bits per heavy atom. The first-order valence-electron chi connectivity index (χ1n) is 7.28. The van der Waals surface area contributed by atoms with Crippen LogP contribution in [0.3, 0.4) is 0 Å². The summed E-state index contributed by atoms with van der Waals surface area (Å²) in [6.07, 6.45) is 1.65. The maximum Gasteiger partial charge on any atom is 0.221 e. The fraction of sp³-hybridized carbons (Fsp3) is 0.118. The standard InChI is InChI=1S/C17H15ClN4OS/c1-12(23)20-14-6-4-7-15(9-14)22-11-19-21-17(22)24-10-13-5-2-3-8-16(13)18/h2-9,11H,10H2,1H3,(H,20,23). The molecule has 2 aromatic carbocycles. The predicted molar refractivity (Wildman–Crippen MR) is 96.7 cm³/mol. The molecule has 0 fully saturated rings. The Hall–Kier alpha value is -2.31. The lowest BCUT2D eigenvalue weighted by atomic mass is 10.2. The number of hydrogen-bond acceptors (Lipinski definition) is 4. The number of hydrogen-bond donors (Lipinski definition) is 1. The molecule has 0 bridgehead atoms. The van der Waals surface area contributed by atoms with Crippen molar-refractivity contribution in [3.05, 3.63) is 65.4 Å². The molecule has 0 atom stereocenters. The van der Waals surface area contributed by atoms with Gasteiger partial charge >= 0.3 is 0 Å². The van der Waals surface area contributed by atoms with E-state index in [0.29, 0.717) is 5.75 Å². The summed E-state index contributed by atoms with van der Waals surface area (Å²) in [5.74, 6) is 0.591. The van der Waals surface area contributed by atoms with Crippen LogP contribution in [0.4, 0.5) is 5.69 Å². The van der Waals surface area contributed by atoms with Gasteiger partial charge in [0.15, 0.2) is 5.16 Å². The van der Waals surface area contributed by atoms with Crippen molar-refractivity contribution in [3.8, 4) is 5.69 Å². The van der Waals surface area contributed by atoms with Gasteiger partial charge in [0, 0.05) is 23.4 Å². The minimum atomic E-state index is -0.107. The number of halogens is 1. The van der Waals surface area contributed by atoms with Crippen LogP contribution in [-0.2, 0) is 10.5 Å². The van der Waals surface area contributed by atoms with Gasteiger partial charge in [0.25, 0.3) is 0 Å². The van der Waals surface area contributed by atoms with Gasteiger partial charge in [-0.05, 0) is 29.8 Å². The number of carbonyl (C=O) groups is 1. The van der Waals surface area contributed by atoms with Crippen molar-refractivity contribution >= 4 is 35.0 Å². The molecule has 3 rings (SSSR count). The maximum absolute atomic E-state index is 11.2. The molecule has 1 N–H and O–H groups in total. The number of nitrogens with zero attached hydrogens (tertiary/aromatic N) is 3. The number of thioether (sulfide) groups is 1. The van der Waals surface area contributed by atoms with E-state index < -0.39 is 0 Å². The summed E-state index contributed by atoms with van der Waals surface area (Å²) in [5, 5.41) is 12.4. The zero-order chi connectivity index (χ0) is 16.9. The molecule has 5 nitrogen and oxygen atoms in total. The van der Waals surface area contributed by atoms with Crippen LogP contribution in [0.25, 0.3) is 5.69 Å². The van der Waals surface area contributed by atoms with E-state index in [4.69, 9.17) is 11.6 Å². The summed E-state index contributed by atoms with van der Waals surface area (Å²) in [6.45, 7) is 1.48. The molecule has 0 unspecified atom stereocenters. The molecular formula is C17H15ClN4OS. The number of aromatic nitrogens is 3. The van der Waals surface area contributed by atoms with E-state index in [-0.39, 0.29) is 5.91 Å². The molecule has 0 aliphatic heterocycles. The third-order valence-electron chi connectivity index (χ3n) is 3.28. The van der Waals surface area contributed by atoms with Crippen LogP contribution in [0, 0.1) is 0 Å². The van der Waals surface area contributed by atoms with Crippen LogP contribution in [-0.4, -0.2) is 20.7 Å². The second kappa shape index (κ2) is 7.51. The molecule has 1 amide bonds. The minimum absolute atomic E-state index is 0.107. The zero-order valence-corrected chi connectivity index (χ0v) is 14.5. The first-order chi connectivity index (χ1) is 11.6. The second-order valence-electron chi connectivity index (χ2n) is 5.10. The van der Waals surface area contributed by atoms with Gasteiger partial charge in [-0.15, -0.1) is 10.2 Å². The van der Waals surface area contributed by atoms with Crippen molar-refractivity contribution in [2.45, 2.75) is 17.8 Å². The van der Waals surface area contributed by atoms with Gasteiger partial charge in [-0.2, -0.15) is 0 Å². The highest BCUT2D eigenvalue weighted by Crippen LogP contribution is 2.27. The lowest BCUT2D eigenvalue weighted by molar-refractivity contribution is -0.114. The van der Waals surface area contributed by atoms with Crippen molar-refractivity contribution in [3.63, 3.8) is 0 Å². The quantitative estimate of drug-likeness (QED) is 0.695. The number of anilines is 1. The molecule has 1 heterocycles. The van der Waals surface area contributed by atoms with Crippen molar-refractivity contribution in [1.82, 2.24) is 14.8 Å². The van der Waals surface area contributed by atoms with Gasteiger partial charge in [-0.25, -0.2) is 0 Å². The van der Waals surface area contributed by atoms with Gasteiger partial charge in [0.2, 0.25) is 5.91 Å². The lowest BCUT2D eigenvalue weighted by Gasteiger charge is -2.09.